The van der Waals surface area contributed by atoms with Gasteiger partial charge in [0.25, 0.3) is 5.91 Å². The van der Waals surface area contributed by atoms with Crippen LogP contribution in [0.25, 0.3) is 0 Å². The van der Waals surface area contributed by atoms with Crippen LogP contribution in [0.2, 0.25) is 0 Å². The van der Waals surface area contributed by atoms with Gasteiger partial charge in [0.1, 0.15) is 0 Å². The summed E-state index contributed by atoms with van der Waals surface area (Å²) in [6.45, 7) is 1.15. The van der Waals surface area contributed by atoms with Crippen LogP contribution in [-0.4, -0.2) is 19.0 Å². The van der Waals surface area contributed by atoms with E-state index in [1.54, 1.807) is 0 Å². The molecule has 0 aliphatic heterocycles. The first-order chi connectivity index (χ1) is 8.15. The minimum absolute atomic E-state index is 0.128. The second-order valence-electron chi connectivity index (χ2n) is 3.73. The van der Waals surface area contributed by atoms with Crippen molar-refractivity contribution in [3.05, 3.63) is 35.4 Å². The Bertz CT molecular complexity index is 383. The van der Waals surface area contributed by atoms with Crippen LogP contribution >= 0.6 is 0 Å². The molecule has 0 atom stereocenters. The molecule has 1 amide bonds. The highest BCUT2D eigenvalue weighted by molar-refractivity contribution is 5.94. The largest absolute Gasteiger partial charge is 0.352 e. The lowest BCUT2D eigenvalue weighted by atomic mass is 10.2. The maximum atomic E-state index is 12.9. The number of nitrogens with two attached hydrogens (primary N) is 1. The molecule has 3 N–H and O–H groups in total. The van der Waals surface area contributed by atoms with E-state index in [0.717, 1.165) is 31.4 Å². The van der Waals surface area contributed by atoms with E-state index in [1.165, 1.54) is 6.07 Å². The minimum Gasteiger partial charge on any atom is -0.352 e. The molecule has 0 heterocycles. The predicted octanol–water partition coefficient (Wildman–Crippen LogP) is 1.82. The molecular formula is C12H16F2N2O. The lowest BCUT2D eigenvalue weighted by Crippen LogP contribution is -2.24. The quantitative estimate of drug-likeness (QED) is 0.748. The topological polar surface area (TPSA) is 55.1 Å². The summed E-state index contributed by atoms with van der Waals surface area (Å²) in [5.74, 6) is -2.36. The first-order valence-electron chi connectivity index (χ1n) is 5.58. The first-order valence-corrected chi connectivity index (χ1v) is 5.58. The summed E-state index contributed by atoms with van der Waals surface area (Å²) >= 11 is 0. The standard InChI is InChI=1S/C12H16F2N2O/c13-10-5-4-9(8-11(10)14)12(17)16-7-3-1-2-6-15/h4-5,8H,1-3,6-7,15H2,(H,16,17). The van der Waals surface area contributed by atoms with Gasteiger partial charge in [-0.2, -0.15) is 0 Å². The Morgan fingerprint density at radius 1 is 1.18 bits per heavy atom. The lowest BCUT2D eigenvalue weighted by Gasteiger charge is -2.05. The molecule has 0 saturated carbocycles. The van der Waals surface area contributed by atoms with E-state index in [1.807, 2.05) is 0 Å². The van der Waals surface area contributed by atoms with E-state index in [4.69, 9.17) is 5.73 Å². The molecule has 1 rings (SSSR count). The Kier molecular flexibility index (Phi) is 5.56. The lowest BCUT2D eigenvalue weighted by molar-refractivity contribution is 0.0952. The number of hydrogen-bond acceptors (Lipinski definition) is 2. The molecule has 0 bridgehead atoms. The highest BCUT2D eigenvalue weighted by atomic mass is 19.2. The molecule has 1 aromatic carbocycles. The van der Waals surface area contributed by atoms with Crippen LogP contribution in [0.4, 0.5) is 8.78 Å². The Morgan fingerprint density at radius 2 is 1.94 bits per heavy atom. The fourth-order valence-corrected chi connectivity index (χ4v) is 1.39. The summed E-state index contributed by atoms with van der Waals surface area (Å²) in [7, 11) is 0. The summed E-state index contributed by atoms with van der Waals surface area (Å²) in [5.41, 5.74) is 5.46. The van der Waals surface area contributed by atoms with Gasteiger partial charge in [-0.15, -0.1) is 0 Å². The van der Waals surface area contributed by atoms with Gasteiger partial charge in [0.15, 0.2) is 11.6 Å². The highest BCUT2D eigenvalue weighted by Gasteiger charge is 2.08. The van der Waals surface area contributed by atoms with Crippen LogP contribution in [0.5, 0.6) is 0 Å². The molecule has 0 radical (unpaired) electrons. The molecule has 5 heteroatoms. The number of amides is 1. The third-order valence-corrected chi connectivity index (χ3v) is 2.35. The van der Waals surface area contributed by atoms with Crippen LogP contribution < -0.4 is 11.1 Å². The summed E-state index contributed by atoms with van der Waals surface area (Å²) < 4.78 is 25.5. The van der Waals surface area contributed by atoms with Gasteiger partial charge in [0.2, 0.25) is 0 Å². The number of rotatable bonds is 6. The molecule has 17 heavy (non-hydrogen) atoms. The van der Waals surface area contributed by atoms with E-state index >= 15 is 0 Å². The van der Waals surface area contributed by atoms with Gasteiger partial charge >= 0.3 is 0 Å². The Balaban J connectivity index is 2.39. The van der Waals surface area contributed by atoms with Gasteiger partial charge < -0.3 is 11.1 Å². The smallest absolute Gasteiger partial charge is 0.251 e. The fraction of sp³-hybridized carbons (Fsp3) is 0.417. The molecule has 94 valence electrons. The van der Waals surface area contributed by atoms with Crippen molar-refractivity contribution in [3.63, 3.8) is 0 Å². The van der Waals surface area contributed by atoms with E-state index < -0.39 is 17.5 Å². The number of halogens is 2. The van der Waals surface area contributed by atoms with Gasteiger partial charge in [0.05, 0.1) is 0 Å². The van der Waals surface area contributed by atoms with Crippen LogP contribution in [0, 0.1) is 11.6 Å². The molecule has 3 nitrogen and oxygen atoms in total. The number of nitrogens with one attached hydrogen (secondary N) is 1. The first kappa shape index (κ1) is 13.6. The molecule has 0 aliphatic rings. The van der Waals surface area contributed by atoms with E-state index in [9.17, 15) is 13.6 Å². The van der Waals surface area contributed by atoms with Crippen molar-refractivity contribution in [2.24, 2.45) is 5.73 Å². The maximum absolute atomic E-state index is 12.9. The SMILES string of the molecule is NCCCCCNC(=O)c1ccc(F)c(F)c1. The molecule has 0 saturated heterocycles. The van der Waals surface area contributed by atoms with E-state index in [2.05, 4.69) is 5.32 Å². The zero-order chi connectivity index (χ0) is 12.7. The Labute approximate surface area is 99.0 Å². The second-order valence-corrected chi connectivity index (χ2v) is 3.73. The Morgan fingerprint density at radius 3 is 2.59 bits per heavy atom. The van der Waals surface area contributed by atoms with Gasteiger partial charge in [-0.1, -0.05) is 6.42 Å². The summed E-state index contributed by atoms with van der Waals surface area (Å²) in [5, 5.41) is 2.64. The normalized spacial score (nSPS) is 10.3. The van der Waals surface area contributed by atoms with Crippen LogP contribution in [0.1, 0.15) is 29.6 Å². The molecule has 1 aromatic rings. The minimum atomic E-state index is -1.01. The van der Waals surface area contributed by atoms with Crippen molar-refractivity contribution in [2.75, 3.05) is 13.1 Å². The van der Waals surface area contributed by atoms with E-state index in [-0.39, 0.29) is 5.56 Å². The summed E-state index contributed by atoms with van der Waals surface area (Å²) in [6.07, 6.45) is 2.68. The highest BCUT2D eigenvalue weighted by Crippen LogP contribution is 2.08. The van der Waals surface area contributed by atoms with Gasteiger partial charge in [-0.05, 0) is 37.6 Å². The zero-order valence-corrected chi connectivity index (χ0v) is 9.51. The third-order valence-electron chi connectivity index (χ3n) is 2.35. The fourth-order valence-electron chi connectivity index (χ4n) is 1.39. The van der Waals surface area contributed by atoms with Crippen LogP contribution in [0.15, 0.2) is 18.2 Å². The van der Waals surface area contributed by atoms with Gasteiger partial charge in [0, 0.05) is 12.1 Å². The monoisotopic (exact) mass is 242 g/mol. The van der Waals surface area contributed by atoms with E-state index in [0.29, 0.717) is 13.1 Å². The number of unbranched alkanes of at least 4 members (excludes halogenated alkanes) is 2. The van der Waals surface area contributed by atoms with Crippen molar-refractivity contribution < 1.29 is 13.6 Å². The predicted molar refractivity (Wildman–Crippen MR) is 61.6 cm³/mol. The number of carbonyl (C=O) groups excluding carboxylic acids is 1. The van der Waals surface area contributed by atoms with Crippen molar-refractivity contribution in [3.8, 4) is 0 Å². The van der Waals surface area contributed by atoms with Crippen molar-refractivity contribution in [2.45, 2.75) is 19.3 Å². The molecule has 0 spiro atoms. The van der Waals surface area contributed by atoms with Crippen molar-refractivity contribution >= 4 is 5.91 Å². The Hall–Kier alpha value is -1.49. The average Bonchev–Trinajstić information content (AvgIpc) is 2.32. The number of hydrogen-bond donors (Lipinski definition) is 2. The molecule has 0 fully saturated rings. The van der Waals surface area contributed by atoms with Gasteiger partial charge in [-0.25, -0.2) is 8.78 Å². The molecular weight excluding hydrogens is 226 g/mol. The molecule has 0 unspecified atom stereocenters. The number of carbonyl (C=O) groups is 1. The molecule has 0 aromatic heterocycles. The summed E-state index contributed by atoms with van der Waals surface area (Å²) in [6, 6.07) is 3.09. The maximum Gasteiger partial charge on any atom is 0.251 e. The summed E-state index contributed by atoms with van der Waals surface area (Å²) in [4.78, 5) is 11.5. The molecule has 0 aliphatic carbocycles. The van der Waals surface area contributed by atoms with Crippen molar-refractivity contribution in [1.29, 1.82) is 0 Å². The van der Waals surface area contributed by atoms with Crippen LogP contribution in [0.3, 0.4) is 0 Å². The average molecular weight is 242 g/mol. The second kappa shape index (κ2) is 6.96. The van der Waals surface area contributed by atoms with Gasteiger partial charge in [-0.3, -0.25) is 4.79 Å². The van der Waals surface area contributed by atoms with Crippen LogP contribution in [-0.2, 0) is 0 Å². The van der Waals surface area contributed by atoms with Crippen molar-refractivity contribution in [1.82, 2.24) is 5.32 Å². The number of benzene rings is 1. The third kappa shape index (κ3) is 4.48. The zero-order valence-electron chi connectivity index (χ0n) is 9.51.